The van der Waals surface area contributed by atoms with Crippen LogP contribution in [-0.4, -0.2) is 69.5 Å². The van der Waals surface area contributed by atoms with E-state index in [1.165, 1.54) is 11.8 Å². The van der Waals surface area contributed by atoms with Crippen LogP contribution in [0.2, 0.25) is 0 Å². The smallest absolute Gasteiger partial charge is 0.408 e. The molecule has 0 spiro atoms. The number of hydrogen-bond donors (Lipinski definition) is 2. The van der Waals surface area contributed by atoms with E-state index in [2.05, 4.69) is 15.7 Å². The fourth-order valence-corrected chi connectivity index (χ4v) is 3.84. The fourth-order valence-electron chi connectivity index (χ4n) is 3.84. The average molecular weight is 473 g/mol. The second-order valence-electron chi connectivity index (χ2n) is 9.69. The highest BCUT2D eigenvalue weighted by molar-refractivity contribution is 5.95. The van der Waals surface area contributed by atoms with Crippen LogP contribution in [0.5, 0.6) is 0 Å². The summed E-state index contributed by atoms with van der Waals surface area (Å²) in [4.78, 5) is 38.6. The van der Waals surface area contributed by atoms with Gasteiger partial charge in [-0.15, -0.1) is 0 Å². The predicted molar refractivity (Wildman–Crippen MR) is 112 cm³/mol. The van der Waals surface area contributed by atoms with Gasteiger partial charge in [0, 0.05) is 38.2 Å². The van der Waals surface area contributed by atoms with E-state index in [1.54, 1.807) is 20.8 Å². The predicted octanol–water partition coefficient (Wildman–Crippen LogP) is 2.57. The summed E-state index contributed by atoms with van der Waals surface area (Å²) in [6.45, 7) is 5.80. The van der Waals surface area contributed by atoms with Gasteiger partial charge in [0.25, 0.3) is 5.91 Å². The monoisotopic (exact) mass is 473 g/mol. The maximum absolute atomic E-state index is 13.0. The van der Waals surface area contributed by atoms with Crippen LogP contribution in [0.3, 0.4) is 0 Å². The van der Waals surface area contributed by atoms with Crippen LogP contribution in [0.4, 0.5) is 18.0 Å². The van der Waals surface area contributed by atoms with Crippen LogP contribution in [0.15, 0.2) is 6.20 Å². The van der Waals surface area contributed by atoms with Gasteiger partial charge in [0.05, 0.1) is 17.3 Å². The molecule has 0 aromatic carbocycles. The minimum atomic E-state index is -4.45. The number of alkyl halides is 3. The van der Waals surface area contributed by atoms with E-state index in [0.717, 1.165) is 23.7 Å². The van der Waals surface area contributed by atoms with Crippen molar-refractivity contribution in [1.82, 2.24) is 25.3 Å². The molecule has 1 aliphatic heterocycles. The largest absolute Gasteiger partial charge is 0.444 e. The molecular formula is C21H30F3N5O4. The lowest BCUT2D eigenvalue weighted by molar-refractivity contribution is -0.142. The number of carbonyl (C=O) groups is 3. The average Bonchev–Trinajstić information content (AvgIpc) is 3.39. The Bertz CT molecular complexity index is 905. The summed E-state index contributed by atoms with van der Waals surface area (Å²) < 4.78 is 44.4. The van der Waals surface area contributed by atoms with Gasteiger partial charge in [-0.05, 0) is 40.0 Å². The van der Waals surface area contributed by atoms with Crippen LogP contribution < -0.4 is 10.6 Å². The molecule has 2 N–H and O–H groups in total. The minimum Gasteiger partial charge on any atom is -0.444 e. The number of nitrogens with one attached hydrogen (secondary N) is 2. The van der Waals surface area contributed by atoms with Crippen molar-refractivity contribution >= 4 is 17.9 Å². The highest BCUT2D eigenvalue weighted by Crippen LogP contribution is 2.41. The molecule has 1 aromatic heterocycles. The van der Waals surface area contributed by atoms with Crippen LogP contribution in [0.1, 0.15) is 68.9 Å². The molecule has 1 saturated heterocycles. The molecule has 2 aliphatic rings. The van der Waals surface area contributed by atoms with E-state index in [1.807, 2.05) is 0 Å². The zero-order valence-corrected chi connectivity index (χ0v) is 19.2. The lowest BCUT2D eigenvalue weighted by atomic mass is 10.00. The number of carbonyl (C=O) groups excluding carboxylic acids is 3. The van der Waals surface area contributed by atoms with Crippen LogP contribution in [0, 0.1) is 0 Å². The van der Waals surface area contributed by atoms with Crippen molar-refractivity contribution in [1.29, 1.82) is 0 Å². The van der Waals surface area contributed by atoms with Crippen molar-refractivity contribution in [3.63, 3.8) is 0 Å². The second kappa shape index (κ2) is 9.22. The molecule has 3 amide bonds. The molecular weight excluding hydrogens is 443 g/mol. The molecule has 1 aromatic rings. The van der Waals surface area contributed by atoms with Crippen molar-refractivity contribution in [2.24, 2.45) is 0 Å². The Morgan fingerprint density at radius 1 is 1.12 bits per heavy atom. The first kappa shape index (κ1) is 24.8. The molecule has 3 rings (SSSR count). The molecule has 1 saturated carbocycles. The zero-order valence-electron chi connectivity index (χ0n) is 19.2. The van der Waals surface area contributed by atoms with Gasteiger partial charge in [0.15, 0.2) is 0 Å². The highest BCUT2D eigenvalue weighted by Gasteiger charge is 2.36. The van der Waals surface area contributed by atoms with Crippen LogP contribution in [-0.2, 0) is 16.1 Å². The van der Waals surface area contributed by atoms with E-state index < -0.39 is 42.4 Å². The highest BCUT2D eigenvalue weighted by atomic mass is 19.4. The molecule has 9 nitrogen and oxygen atoms in total. The number of likely N-dealkylation sites (tertiary alicyclic amines) is 1. The number of aromatic nitrogens is 2. The number of alkyl carbamates (subject to hydrolysis) is 1. The number of piperidine rings is 1. The molecule has 1 aliphatic carbocycles. The summed E-state index contributed by atoms with van der Waals surface area (Å²) in [5.41, 5.74) is -0.222. The topological polar surface area (TPSA) is 106 Å². The van der Waals surface area contributed by atoms with Crippen LogP contribution >= 0.6 is 0 Å². The molecule has 2 fully saturated rings. The van der Waals surface area contributed by atoms with E-state index in [9.17, 15) is 27.6 Å². The number of rotatable bonds is 5. The molecule has 0 unspecified atom stereocenters. The fraction of sp³-hybridized carbons (Fsp3) is 0.714. The lowest BCUT2D eigenvalue weighted by Gasteiger charge is -2.38. The third kappa shape index (κ3) is 7.36. The van der Waals surface area contributed by atoms with E-state index >= 15 is 0 Å². The van der Waals surface area contributed by atoms with Gasteiger partial charge in [-0.25, -0.2) is 4.79 Å². The Balaban J connectivity index is 1.71. The summed E-state index contributed by atoms with van der Waals surface area (Å²) >= 11 is 0. The number of halogens is 3. The molecule has 33 heavy (non-hydrogen) atoms. The standard InChI is InChI=1S/C21H30F3N5O4/c1-12(30)28-8-14(7-15(9-28)26-19(32)33-20(2,3)4)25-18(31)16-10-29(11-21(22,23)24)27-17(16)13-5-6-13/h10,13-15H,5-9,11H2,1-4H3,(H,25,31)(H,26,32)/t14-,15+/m0/s1. The molecule has 184 valence electrons. The van der Waals surface area contributed by atoms with Gasteiger partial charge in [0.2, 0.25) is 5.91 Å². The number of hydrogen-bond acceptors (Lipinski definition) is 5. The van der Waals surface area contributed by atoms with Gasteiger partial charge in [0.1, 0.15) is 12.1 Å². The SMILES string of the molecule is CC(=O)N1C[C@H](NC(=O)OC(C)(C)C)C[C@H](NC(=O)c2cn(CC(F)(F)F)nc2C2CC2)C1. The Hall–Kier alpha value is -2.79. The Morgan fingerprint density at radius 2 is 1.73 bits per heavy atom. The van der Waals surface area contributed by atoms with Gasteiger partial charge in [-0.3, -0.25) is 14.3 Å². The zero-order chi connectivity index (χ0) is 24.6. The Labute approximate surface area is 190 Å². The quantitative estimate of drug-likeness (QED) is 0.684. The Kier molecular flexibility index (Phi) is 6.94. The van der Waals surface area contributed by atoms with Crippen molar-refractivity contribution < 1.29 is 32.3 Å². The number of amides is 3. The van der Waals surface area contributed by atoms with Gasteiger partial charge >= 0.3 is 12.3 Å². The maximum atomic E-state index is 13.0. The van der Waals surface area contributed by atoms with E-state index in [0.29, 0.717) is 12.1 Å². The molecule has 0 radical (unpaired) electrons. The molecule has 2 atom stereocenters. The first-order valence-electron chi connectivity index (χ1n) is 10.9. The normalized spacial score (nSPS) is 21.5. The van der Waals surface area contributed by atoms with Crippen LogP contribution in [0.25, 0.3) is 0 Å². The minimum absolute atomic E-state index is 0.0260. The Morgan fingerprint density at radius 3 is 2.24 bits per heavy atom. The molecule has 2 heterocycles. The van der Waals surface area contributed by atoms with E-state index in [4.69, 9.17) is 4.74 Å². The first-order chi connectivity index (χ1) is 15.2. The number of nitrogens with zero attached hydrogens (tertiary/aromatic N) is 3. The number of ether oxygens (including phenoxy) is 1. The lowest BCUT2D eigenvalue weighted by Crippen LogP contribution is -2.58. The summed E-state index contributed by atoms with van der Waals surface area (Å²) in [5, 5.41) is 9.54. The molecule has 12 heteroatoms. The van der Waals surface area contributed by atoms with Crippen molar-refractivity contribution in [3.8, 4) is 0 Å². The summed E-state index contributed by atoms with van der Waals surface area (Å²) in [5.74, 6) is -0.791. The molecule has 0 bridgehead atoms. The third-order valence-corrected chi connectivity index (χ3v) is 5.29. The maximum Gasteiger partial charge on any atom is 0.408 e. The summed E-state index contributed by atoms with van der Waals surface area (Å²) in [6, 6.07) is -0.966. The van der Waals surface area contributed by atoms with Gasteiger partial charge in [-0.2, -0.15) is 18.3 Å². The first-order valence-corrected chi connectivity index (χ1v) is 10.9. The van der Waals surface area contributed by atoms with Gasteiger partial charge in [-0.1, -0.05) is 0 Å². The summed E-state index contributed by atoms with van der Waals surface area (Å²) in [6.07, 6.45) is -2.08. The van der Waals surface area contributed by atoms with Crippen molar-refractivity contribution in [2.45, 2.75) is 83.3 Å². The van der Waals surface area contributed by atoms with E-state index in [-0.39, 0.29) is 30.5 Å². The van der Waals surface area contributed by atoms with Gasteiger partial charge < -0.3 is 20.3 Å². The summed E-state index contributed by atoms with van der Waals surface area (Å²) in [7, 11) is 0. The second-order valence-corrected chi connectivity index (χ2v) is 9.69. The third-order valence-electron chi connectivity index (χ3n) is 5.29. The van der Waals surface area contributed by atoms with Crippen molar-refractivity contribution in [2.75, 3.05) is 13.1 Å². The van der Waals surface area contributed by atoms with Crippen molar-refractivity contribution in [3.05, 3.63) is 17.5 Å².